The summed E-state index contributed by atoms with van der Waals surface area (Å²) in [6, 6.07) is 9.23. The molecule has 0 radical (unpaired) electrons. The minimum atomic E-state index is -0.0734. The fourth-order valence-corrected chi connectivity index (χ4v) is 4.15. The van der Waals surface area contributed by atoms with Crippen molar-refractivity contribution in [3.8, 4) is 5.75 Å². The van der Waals surface area contributed by atoms with Crippen LogP contribution in [-0.4, -0.2) is 29.6 Å². The van der Waals surface area contributed by atoms with Gasteiger partial charge in [0, 0.05) is 29.4 Å². The third-order valence-electron chi connectivity index (χ3n) is 6.46. The van der Waals surface area contributed by atoms with Gasteiger partial charge in [-0.2, -0.15) is 12.5 Å². The van der Waals surface area contributed by atoms with Gasteiger partial charge in [0.25, 0.3) is 0 Å². The van der Waals surface area contributed by atoms with Gasteiger partial charge in [0.1, 0.15) is 5.75 Å². The summed E-state index contributed by atoms with van der Waals surface area (Å²) >= 11 is 0. The smallest absolute Gasteiger partial charge is 0.507 e. The molecule has 4 heteroatoms. The molecule has 0 saturated carbocycles. The van der Waals surface area contributed by atoms with E-state index in [-0.39, 0.29) is 50.5 Å². The molecule has 0 amide bonds. The number of aryl methyl sites for hydroxylation is 1. The number of aromatic hydroxyl groups is 1. The van der Waals surface area contributed by atoms with Crippen molar-refractivity contribution in [3.05, 3.63) is 77.6 Å². The molecule has 3 nitrogen and oxygen atoms in total. The van der Waals surface area contributed by atoms with E-state index in [1.54, 1.807) is 0 Å². The van der Waals surface area contributed by atoms with Crippen molar-refractivity contribution in [2.24, 2.45) is 15.9 Å². The third kappa shape index (κ3) is 13.3. The third-order valence-corrected chi connectivity index (χ3v) is 6.46. The van der Waals surface area contributed by atoms with Crippen molar-refractivity contribution in [2.75, 3.05) is 0 Å². The minimum absolute atomic E-state index is 0. The molecule has 0 aliphatic heterocycles. The van der Waals surface area contributed by atoms with Crippen LogP contribution in [0.2, 0.25) is 0 Å². The Kier molecular flexibility index (Phi) is 17.5. The van der Waals surface area contributed by atoms with Crippen molar-refractivity contribution in [1.82, 2.24) is 0 Å². The van der Waals surface area contributed by atoms with Crippen LogP contribution in [0.1, 0.15) is 128 Å². The van der Waals surface area contributed by atoms with Gasteiger partial charge in [-0.05, 0) is 69.7 Å². The van der Waals surface area contributed by atoms with Gasteiger partial charge < -0.3 is 17.5 Å². The molecule has 0 fully saturated rings. The standard InChI is InChI=1S/C19H31NO.C16H24N.CH3.Zr/c1-8-14(4)20-12-16-10-15(9-13(2)3)11-17(18(16)21)19(5,6)7;1-11(2)17-10-14-8-12(3)9-15(13(14)4)16(5,6)7;;/h10-14,21H,8-9H2,1-7H3;8-11H,4H2,1-3,5-7H3;1H3;/q;2*-1;+2. The van der Waals surface area contributed by atoms with Gasteiger partial charge in [-0.3, -0.25) is 4.99 Å². The Bertz CT molecular complexity index is 1100. The van der Waals surface area contributed by atoms with Crippen molar-refractivity contribution in [3.63, 3.8) is 0 Å². The van der Waals surface area contributed by atoms with E-state index in [1.165, 1.54) is 16.7 Å². The molecule has 0 saturated heterocycles. The molecule has 2 rings (SSSR count). The quantitative estimate of drug-likeness (QED) is 0.242. The zero-order valence-electron chi connectivity index (χ0n) is 28.2. The maximum atomic E-state index is 10.6. The Morgan fingerprint density at radius 1 is 0.825 bits per heavy atom. The van der Waals surface area contributed by atoms with Crippen LogP contribution in [0.3, 0.4) is 0 Å². The van der Waals surface area contributed by atoms with E-state index in [0.717, 1.165) is 35.1 Å². The van der Waals surface area contributed by atoms with Crippen molar-refractivity contribution in [1.29, 1.82) is 0 Å². The van der Waals surface area contributed by atoms with E-state index in [9.17, 15) is 5.11 Å². The van der Waals surface area contributed by atoms with Crippen LogP contribution in [0, 0.1) is 27.2 Å². The molecule has 0 bridgehead atoms. The average molecular weight is 626 g/mol. The number of aliphatic imine (C=N–C) groups is 2. The Morgan fingerprint density at radius 3 is 1.80 bits per heavy atom. The van der Waals surface area contributed by atoms with Gasteiger partial charge in [0.15, 0.2) is 0 Å². The van der Waals surface area contributed by atoms with Crippen LogP contribution >= 0.6 is 0 Å². The van der Waals surface area contributed by atoms with Gasteiger partial charge >= 0.3 is 26.2 Å². The molecule has 222 valence electrons. The second-order valence-corrected chi connectivity index (χ2v) is 13.5. The molecule has 1 unspecified atom stereocenters. The Morgan fingerprint density at radius 2 is 1.35 bits per heavy atom. The molecule has 2 aromatic carbocycles. The first-order valence-corrected chi connectivity index (χ1v) is 14.3. The second-order valence-electron chi connectivity index (χ2n) is 13.5. The summed E-state index contributed by atoms with van der Waals surface area (Å²) in [6.45, 7) is 32.2. The number of hydrogen-bond donors (Lipinski definition) is 1. The molecule has 0 aliphatic rings. The van der Waals surface area contributed by atoms with E-state index < -0.39 is 0 Å². The fourth-order valence-electron chi connectivity index (χ4n) is 4.15. The molecule has 0 heterocycles. The van der Waals surface area contributed by atoms with Crippen molar-refractivity contribution >= 4 is 12.4 Å². The van der Waals surface area contributed by atoms with E-state index in [4.69, 9.17) is 0 Å². The fraction of sp³-hybridized carbons (Fsp3) is 0.556. The number of phenols is 1. The van der Waals surface area contributed by atoms with Gasteiger partial charge in [0.05, 0.1) is 0 Å². The topological polar surface area (TPSA) is 45.0 Å². The summed E-state index contributed by atoms with van der Waals surface area (Å²) in [4.78, 5) is 8.99. The van der Waals surface area contributed by atoms with Crippen LogP contribution in [0.5, 0.6) is 5.75 Å². The summed E-state index contributed by atoms with van der Waals surface area (Å²) < 4.78 is 0. The molecule has 40 heavy (non-hydrogen) atoms. The Labute approximate surface area is 267 Å². The maximum absolute atomic E-state index is 10.6. The first kappa shape index (κ1) is 40.5. The minimum Gasteiger partial charge on any atom is -0.507 e. The van der Waals surface area contributed by atoms with Crippen LogP contribution in [-0.2, 0) is 43.5 Å². The summed E-state index contributed by atoms with van der Waals surface area (Å²) in [5.41, 5.74) is 8.01. The van der Waals surface area contributed by atoms with E-state index in [1.807, 2.05) is 12.4 Å². The van der Waals surface area contributed by atoms with Crippen molar-refractivity contribution in [2.45, 2.75) is 126 Å². The molecule has 0 aromatic heterocycles. The predicted octanol–water partition coefficient (Wildman–Crippen LogP) is 9.86. The Hall–Kier alpha value is -1.67. The summed E-state index contributed by atoms with van der Waals surface area (Å²) in [5.74, 6) is 0.976. The largest absolute Gasteiger partial charge is 2.00 e. The van der Waals surface area contributed by atoms with Crippen LogP contribution in [0.4, 0.5) is 0 Å². The van der Waals surface area contributed by atoms with Gasteiger partial charge in [0.2, 0.25) is 0 Å². The average Bonchev–Trinajstić information content (AvgIpc) is 2.77. The van der Waals surface area contributed by atoms with Gasteiger partial charge in [-0.1, -0.05) is 79.4 Å². The normalized spacial score (nSPS) is 12.8. The molecule has 2 aromatic rings. The summed E-state index contributed by atoms with van der Waals surface area (Å²) in [5, 5.41) is 10.6. The number of benzene rings is 2. The van der Waals surface area contributed by atoms with Crippen molar-refractivity contribution < 1.29 is 31.3 Å². The van der Waals surface area contributed by atoms with Gasteiger partial charge in [-0.15, -0.1) is 23.3 Å². The van der Waals surface area contributed by atoms with Gasteiger partial charge in [-0.25, -0.2) is 0 Å². The number of nitrogens with zero attached hydrogens (tertiary/aromatic N) is 2. The van der Waals surface area contributed by atoms with Crippen LogP contribution < -0.4 is 0 Å². The molecular formula is C36H58N2OZr. The Balaban J connectivity index is 0. The molecule has 1 atom stereocenters. The van der Waals surface area contributed by atoms with E-state index >= 15 is 0 Å². The molecule has 1 N–H and O–H groups in total. The zero-order valence-corrected chi connectivity index (χ0v) is 30.6. The summed E-state index contributed by atoms with van der Waals surface area (Å²) in [7, 11) is 0. The van der Waals surface area contributed by atoms with Crippen LogP contribution in [0.15, 0.2) is 34.3 Å². The maximum Gasteiger partial charge on any atom is 2.00 e. The monoisotopic (exact) mass is 624 g/mol. The first-order valence-electron chi connectivity index (χ1n) is 14.3. The zero-order chi connectivity index (χ0) is 29.4. The number of phenolic OH excluding ortho intramolecular Hbond substituents is 1. The summed E-state index contributed by atoms with van der Waals surface area (Å²) in [6.07, 6.45) is 5.82. The van der Waals surface area contributed by atoms with E-state index in [0.29, 0.717) is 17.7 Å². The second kappa shape index (κ2) is 17.3. The number of hydrogen-bond acceptors (Lipinski definition) is 3. The molecule has 0 spiro atoms. The van der Waals surface area contributed by atoms with E-state index in [2.05, 4.69) is 131 Å². The van der Waals surface area contributed by atoms with Crippen LogP contribution in [0.25, 0.3) is 0 Å². The molecular weight excluding hydrogens is 568 g/mol. The first-order chi connectivity index (χ1) is 17.4. The number of rotatable bonds is 7. The SMILES string of the molecule is CCC(C)N=Cc1cc(CC(C)C)cc(C(C)(C)C)c1O.[CH2-]c1c(C=NC(C)C)cc(C)cc1C(C)(C)C.[CH3-].[Zr+2]. The predicted molar refractivity (Wildman–Crippen MR) is 176 cm³/mol. The molecule has 0 aliphatic carbocycles.